The van der Waals surface area contributed by atoms with Gasteiger partial charge in [-0.05, 0) is 97.7 Å². The maximum atomic E-state index is 10.2. The molecular formula is C28H48O. The molecule has 29 heavy (non-hydrogen) atoms. The summed E-state index contributed by atoms with van der Waals surface area (Å²) in [7, 11) is 0. The zero-order valence-corrected chi connectivity index (χ0v) is 20.1. The molecule has 0 aromatic heterocycles. The highest BCUT2D eigenvalue weighted by molar-refractivity contribution is 5.25. The van der Waals surface area contributed by atoms with Crippen LogP contribution in [-0.4, -0.2) is 11.2 Å². The van der Waals surface area contributed by atoms with E-state index in [-0.39, 0.29) is 6.10 Å². The summed E-state index contributed by atoms with van der Waals surface area (Å²) >= 11 is 0. The molecule has 4 aliphatic carbocycles. The van der Waals surface area contributed by atoms with E-state index in [0.29, 0.717) is 10.8 Å². The average Bonchev–Trinajstić information content (AvgIpc) is 3.05. The number of fused-ring (bicyclic) bond motifs is 5. The summed E-state index contributed by atoms with van der Waals surface area (Å²) in [5, 5.41) is 10.2. The van der Waals surface area contributed by atoms with Gasteiger partial charge in [-0.1, -0.05) is 72.0 Å². The van der Waals surface area contributed by atoms with Crippen LogP contribution >= 0.6 is 0 Å². The minimum absolute atomic E-state index is 0.0770. The van der Waals surface area contributed by atoms with Crippen molar-refractivity contribution in [2.75, 3.05) is 0 Å². The van der Waals surface area contributed by atoms with E-state index in [9.17, 15) is 5.11 Å². The van der Waals surface area contributed by atoms with E-state index >= 15 is 0 Å². The summed E-state index contributed by atoms with van der Waals surface area (Å²) in [6.45, 7) is 12.6. The number of hydrogen-bond acceptors (Lipinski definition) is 1. The fraction of sp³-hybridized carbons (Fsp3) is 0.929. The molecule has 3 fully saturated rings. The standard InChI is InChI=1S/C28H48O/c1-6-19(2)8-7-9-20(3)24-12-13-25-23-11-10-21-18-22(29)14-16-27(21,4)26(23)15-17-28(24,25)5/h10,19-20,22-26,29H,6-9,11-18H2,1-5H3/t19?,20-,22+,23+,24-,25+,26+,27+,28-/m1/s1. The number of allylic oxidation sites excluding steroid dienone is 1. The second kappa shape index (κ2) is 8.33. The Kier molecular flexibility index (Phi) is 6.29. The number of hydrogen-bond donors (Lipinski definition) is 1. The molecule has 0 aromatic rings. The molecule has 0 radical (unpaired) electrons. The molecule has 9 atom stereocenters. The van der Waals surface area contributed by atoms with Gasteiger partial charge in [0.15, 0.2) is 0 Å². The van der Waals surface area contributed by atoms with Gasteiger partial charge < -0.3 is 5.11 Å². The minimum Gasteiger partial charge on any atom is -0.393 e. The van der Waals surface area contributed by atoms with Crippen molar-refractivity contribution in [3.8, 4) is 0 Å². The van der Waals surface area contributed by atoms with Gasteiger partial charge in [0.05, 0.1) is 6.10 Å². The average molecular weight is 401 g/mol. The molecule has 3 saturated carbocycles. The van der Waals surface area contributed by atoms with E-state index in [1.165, 1.54) is 64.2 Å². The monoisotopic (exact) mass is 400 g/mol. The quantitative estimate of drug-likeness (QED) is 0.451. The molecule has 4 aliphatic rings. The Balaban J connectivity index is 1.46. The summed E-state index contributed by atoms with van der Waals surface area (Å²) in [6, 6.07) is 0. The molecule has 1 nitrogen and oxygen atoms in total. The second-order valence-corrected chi connectivity index (χ2v) is 12.3. The Morgan fingerprint density at radius 1 is 1.03 bits per heavy atom. The van der Waals surface area contributed by atoms with Crippen LogP contribution in [0.5, 0.6) is 0 Å². The van der Waals surface area contributed by atoms with Crippen LogP contribution in [0.2, 0.25) is 0 Å². The number of rotatable bonds is 6. The Labute approximate surface area is 181 Å². The zero-order chi connectivity index (χ0) is 20.8. The summed E-state index contributed by atoms with van der Waals surface area (Å²) in [5.74, 6) is 5.51. The van der Waals surface area contributed by atoms with Crippen LogP contribution in [0.15, 0.2) is 11.6 Å². The summed E-state index contributed by atoms with van der Waals surface area (Å²) < 4.78 is 0. The van der Waals surface area contributed by atoms with Crippen LogP contribution in [0.25, 0.3) is 0 Å². The highest BCUT2D eigenvalue weighted by atomic mass is 16.3. The molecule has 1 heteroatoms. The Morgan fingerprint density at radius 2 is 1.83 bits per heavy atom. The van der Waals surface area contributed by atoms with Gasteiger partial charge in [0.2, 0.25) is 0 Å². The fourth-order valence-corrected chi connectivity index (χ4v) is 8.81. The Bertz CT molecular complexity index is 607. The van der Waals surface area contributed by atoms with E-state index in [4.69, 9.17) is 0 Å². The number of aliphatic hydroxyl groups excluding tert-OH is 1. The Hall–Kier alpha value is -0.300. The molecule has 0 heterocycles. The van der Waals surface area contributed by atoms with Gasteiger partial charge in [0.1, 0.15) is 0 Å². The van der Waals surface area contributed by atoms with Crippen LogP contribution in [0.1, 0.15) is 112 Å². The molecule has 1 unspecified atom stereocenters. The predicted octanol–water partition coefficient (Wildman–Crippen LogP) is 7.78. The normalized spacial score (nSPS) is 46.3. The van der Waals surface area contributed by atoms with Crippen molar-refractivity contribution >= 4 is 0 Å². The van der Waals surface area contributed by atoms with Crippen molar-refractivity contribution in [3.05, 3.63) is 11.6 Å². The topological polar surface area (TPSA) is 20.2 Å². The van der Waals surface area contributed by atoms with Gasteiger partial charge in [0.25, 0.3) is 0 Å². The molecular weight excluding hydrogens is 352 g/mol. The predicted molar refractivity (Wildman–Crippen MR) is 124 cm³/mol. The van der Waals surface area contributed by atoms with E-state index in [1.807, 2.05) is 0 Å². The molecule has 1 N–H and O–H groups in total. The SMILES string of the molecule is CCC(C)CCC[C@@H](C)[C@H]1CC[C@H]2[C@@H]3CC=C4C[C@@H](O)CC[C@]4(C)[C@H]3CC[C@]12C. The van der Waals surface area contributed by atoms with E-state index in [1.54, 1.807) is 5.57 Å². The fourth-order valence-electron chi connectivity index (χ4n) is 8.81. The smallest absolute Gasteiger partial charge is 0.0577 e. The first kappa shape index (κ1) is 21.9. The lowest BCUT2D eigenvalue weighted by Crippen LogP contribution is -2.50. The van der Waals surface area contributed by atoms with Crippen LogP contribution in [0.3, 0.4) is 0 Å². The molecule has 4 rings (SSSR count). The Morgan fingerprint density at radius 3 is 2.59 bits per heavy atom. The lowest BCUT2D eigenvalue weighted by atomic mass is 9.47. The lowest BCUT2D eigenvalue weighted by molar-refractivity contribution is -0.0573. The summed E-state index contributed by atoms with van der Waals surface area (Å²) in [4.78, 5) is 0. The second-order valence-electron chi connectivity index (χ2n) is 12.3. The largest absolute Gasteiger partial charge is 0.393 e. The zero-order valence-electron chi connectivity index (χ0n) is 20.1. The van der Waals surface area contributed by atoms with Gasteiger partial charge >= 0.3 is 0 Å². The summed E-state index contributed by atoms with van der Waals surface area (Å²) in [5.41, 5.74) is 2.60. The minimum atomic E-state index is -0.0770. The maximum Gasteiger partial charge on any atom is 0.0577 e. The van der Waals surface area contributed by atoms with Crippen LogP contribution < -0.4 is 0 Å². The van der Waals surface area contributed by atoms with Crippen molar-refractivity contribution in [3.63, 3.8) is 0 Å². The number of aliphatic hydroxyl groups is 1. The highest BCUT2D eigenvalue weighted by Crippen LogP contribution is 2.67. The van der Waals surface area contributed by atoms with Gasteiger partial charge in [-0.3, -0.25) is 0 Å². The molecule has 0 bridgehead atoms. The van der Waals surface area contributed by atoms with E-state index in [0.717, 1.165) is 48.3 Å². The third-order valence-corrected chi connectivity index (χ3v) is 10.9. The van der Waals surface area contributed by atoms with Crippen molar-refractivity contribution in [1.82, 2.24) is 0 Å². The van der Waals surface area contributed by atoms with Crippen molar-refractivity contribution in [1.29, 1.82) is 0 Å². The molecule has 0 aliphatic heterocycles. The molecule has 0 aromatic carbocycles. The van der Waals surface area contributed by atoms with Crippen molar-refractivity contribution in [2.24, 2.45) is 46.3 Å². The highest BCUT2D eigenvalue weighted by Gasteiger charge is 2.59. The van der Waals surface area contributed by atoms with Gasteiger partial charge in [0, 0.05) is 0 Å². The summed E-state index contributed by atoms with van der Waals surface area (Å²) in [6.07, 6.45) is 18.6. The van der Waals surface area contributed by atoms with Gasteiger partial charge in [-0.25, -0.2) is 0 Å². The first-order chi connectivity index (χ1) is 13.8. The van der Waals surface area contributed by atoms with Crippen molar-refractivity contribution < 1.29 is 5.11 Å². The molecule has 166 valence electrons. The molecule has 0 amide bonds. The lowest BCUT2D eigenvalue weighted by Gasteiger charge is -2.58. The van der Waals surface area contributed by atoms with Crippen molar-refractivity contribution in [2.45, 2.75) is 118 Å². The van der Waals surface area contributed by atoms with Gasteiger partial charge in [-0.2, -0.15) is 0 Å². The maximum absolute atomic E-state index is 10.2. The van der Waals surface area contributed by atoms with Crippen LogP contribution in [-0.2, 0) is 0 Å². The van der Waals surface area contributed by atoms with Crippen LogP contribution in [0.4, 0.5) is 0 Å². The first-order valence-corrected chi connectivity index (χ1v) is 13.2. The third kappa shape index (κ3) is 3.77. The van der Waals surface area contributed by atoms with E-state index < -0.39 is 0 Å². The third-order valence-electron chi connectivity index (χ3n) is 10.9. The molecule has 0 saturated heterocycles. The van der Waals surface area contributed by atoms with Gasteiger partial charge in [-0.15, -0.1) is 0 Å². The first-order valence-electron chi connectivity index (χ1n) is 13.2. The van der Waals surface area contributed by atoms with E-state index in [2.05, 4.69) is 40.7 Å². The molecule has 0 spiro atoms. The van der Waals surface area contributed by atoms with Crippen LogP contribution in [0, 0.1) is 46.3 Å².